The first-order valence-electron chi connectivity index (χ1n) is 14.2. The number of hydrogen-bond donors (Lipinski definition) is 1. The molecule has 6 rings (SSSR count). The Labute approximate surface area is 246 Å². The third-order valence-corrected chi connectivity index (χ3v) is 8.00. The monoisotopic (exact) mass is 593 g/mol. The number of fused-ring (bicyclic) bond motifs is 1. The van der Waals surface area contributed by atoms with Crippen molar-refractivity contribution in [3.8, 4) is 23.3 Å². The van der Waals surface area contributed by atoms with Crippen LogP contribution in [0.4, 0.5) is 19.0 Å². The molecule has 0 saturated heterocycles. The summed E-state index contributed by atoms with van der Waals surface area (Å²) in [5.74, 6) is 2.12. The second-order valence-corrected chi connectivity index (χ2v) is 11.2. The summed E-state index contributed by atoms with van der Waals surface area (Å²) in [6.45, 7) is 7.33. The number of methoxy groups -OCH3 is 1. The van der Waals surface area contributed by atoms with Crippen molar-refractivity contribution in [3.63, 3.8) is 0 Å². The smallest absolute Gasteiger partial charge is 0.434 e. The maximum absolute atomic E-state index is 13.4. The zero-order chi connectivity index (χ0) is 30.5. The first-order chi connectivity index (χ1) is 20.6. The number of aromatic nitrogens is 6. The number of imidazole rings is 1. The van der Waals surface area contributed by atoms with Gasteiger partial charge in [-0.3, -0.25) is 4.90 Å². The van der Waals surface area contributed by atoms with Crippen LogP contribution in [0.5, 0.6) is 5.88 Å². The fraction of sp³-hybridized carbons (Fsp3) is 0.483. The van der Waals surface area contributed by atoms with Crippen molar-refractivity contribution in [2.24, 2.45) is 0 Å². The van der Waals surface area contributed by atoms with Gasteiger partial charge in [0, 0.05) is 50.2 Å². The summed E-state index contributed by atoms with van der Waals surface area (Å²) in [7, 11) is 1.56. The number of rotatable bonds is 9. The molecule has 43 heavy (non-hydrogen) atoms. The van der Waals surface area contributed by atoms with E-state index in [0.717, 1.165) is 41.7 Å². The first-order valence-corrected chi connectivity index (χ1v) is 14.2. The number of nitriles is 1. The minimum Gasteiger partial charge on any atom is -0.480 e. The van der Waals surface area contributed by atoms with Crippen molar-refractivity contribution in [1.82, 2.24) is 34.4 Å². The summed E-state index contributed by atoms with van der Waals surface area (Å²) in [4.78, 5) is 24.7. The van der Waals surface area contributed by atoms with Crippen molar-refractivity contribution >= 4 is 17.6 Å². The van der Waals surface area contributed by atoms with Crippen LogP contribution in [0.2, 0.25) is 0 Å². The summed E-state index contributed by atoms with van der Waals surface area (Å²) >= 11 is 0. The summed E-state index contributed by atoms with van der Waals surface area (Å²) in [6, 6.07) is 2.03. The topological polar surface area (TPSA) is 121 Å². The number of alkyl halides is 3. The molecule has 3 aromatic rings. The highest BCUT2D eigenvalue weighted by atomic mass is 19.4. The summed E-state index contributed by atoms with van der Waals surface area (Å²) in [6.07, 6.45) is 2.54. The summed E-state index contributed by atoms with van der Waals surface area (Å²) in [5.41, 5.74) is 3.88. The van der Waals surface area contributed by atoms with Gasteiger partial charge in [0.05, 0.1) is 31.1 Å². The Hall–Kier alpha value is -4.38. The van der Waals surface area contributed by atoms with Crippen LogP contribution >= 0.6 is 0 Å². The van der Waals surface area contributed by atoms with Crippen LogP contribution in [0.25, 0.3) is 17.0 Å². The van der Waals surface area contributed by atoms with Crippen LogP contribution in [0.3, 0.4) is 0 Å². The Morgan fingerprint density at radius 1 is 1.21 bits per heavy atom. The van der Waals surface area contributed by atoms with Crippen molar-refractivity contribution in [2.45, 2.75) is 64.7 Å². The maximum atomic E-state index is 13.4. The quantitative estimate of drug-likeness (QED) is 0.284. The number of ether oxygens (including phenoxy) is 1. The fourth-order valence-corrected chi connectivity index (χ4v) is 5.48. The van der Waals surface area contributed by atoms with E-state index in [1.165, 1.54) is 6.33 Å². The Morgan fingerprint density at radius 2 is 2.00 bits per heavy atom. The van der Waals surface area contributed by atoms with Gasteiger partial charge in [0.2, 0.25) is 12.5 Å². The zero-order valence-electron chi connectivity index (χ0n) is 24.4. The van der Waals surface area contributed by atoms with Gasteiger partial charge in [-0.1, -0.05) is 0 Å². The molecule has 0 spiro atoms. The van der Waals surface area contributed by atoms with Crippen LogP contribution in [-0.2, 0) is 19.1 Å². The molecule has 11 nitrogen and oxygen atoms in total. The third kappa shape index (κ3) is 5.45. The molecule has 0 radical (unpaired) electrons. The van der Waals surface area contributed by atoms with E-state index in [4.69, 9.17) is 14.7 Å². The van der Waals surface area contributed by atoms with Crippen molar-refractivity contribution < 1.29 is 22.5 Å². The molecule has 1 aliphatic carbocycles. The van der Waals surface area contributed by atoms with Crippen LogP contribution in [0, 0.1) is 11.3 Å². The van der Waals surface area contributed by atoms with Gasteiger partial charge in [-0.25, -0.2) is 24.9 Å². The highest BCUT2D eigenvalue weighted by Gasteiger charge is 2.38. The van der Waals surface area contributed by atoms with Gasteiger partial charge in [-0.2, -0.15) is 23.0 Å². The molecule has 0 atom stereocenters. The molecule has 14 heteroatoms. The van der Waals surface area contributed by atoms with Crippen molar-refractivity contribution in [1.29, 1.82) is 5.26 Å². The molecule has 1 saturated carbocycles. The molecular formula is C29H32F3N10O+. The van der Waals surface area contributed by atoms with Gasteiger partial charge in [0.25, 0.3) is 0 Å². The molecule has 0 aromatic carbocycles. The lowest BCUT2D eigenvalue weighted by atomic mass is 10.0. The molecule has 1 N–H and O–H groups in total. The second kappa shape index (κ2) is 11.0. The summed E-state index contributed by atoms with van der Waals surface area (Å²) < 4.78 is 49.3. The van der Waals surface area contributed by atoms with Gasteiger partial charge in [-0.05, 0) is 26.7 Å². The molecule has 3 aromatic heterocycles. The van der Waals surface area contributed by atoms with Gasteiger partial charge in [-0.15, -0.1) is 0 Å². The lowest BCUT2D eigenvalue weighted by Crippen LogP contribution is -2.34. The second-order valence-electron chi connectivity index (χ2n) is 11.2. The van der Waals surface area contributed by atoms with E-state index in [-0.39, 0.29) is 11.9 Å². The Kier molecular flexibility index (Phi) is 7.37. The van der Waals surface area contributed by atoms with E-state index < -0.39 is 11.9 Å². The molecular weight excluding hydrogens is 561 g/mol. The predicted octanol–water partition coefficient (Wildman–Crippen LogP) is 4.39. The molecule has 0 unspecified atom stereocenters. The van der Waals surface area contributed by atoms with E-state index in [0.29, 0.717) is 67.3 Å². The largest absolute Gasteiger partial charge is 0.480 e. The van der Waals surface area contributed by atoms with E-state index >= 15 is 0 Å². The van der Waals surface area contributed by atoms with Crippen LogP contribution in [0.15, 0.2) is 18.2 Å². The van der Waals surface area contributed by atoms with Gasteiger partial charge >= 0.3 is 6.18 Å². The number of nitrogens with zero attached hydrogens (tertiary/aromatic N) is 9. The van der Waals surface area contributed by atoms with Crippen LogP contribution in [0.1, 0.15) is 74.0 Å². The average Bonchev–Trinajstić information content (AvgIpc) is 3.73. The Bertz CT molecular complexity index is 1680. The number of hydrogen-bond acceptors (Lipinski definition) is 9. The SMILES string of the molecule is COc1ncnc(C2CC2)c1-c1nc2c(c(NC[N+]3=CC(c4nc(C(F)(F)F)cn4C(C)C)=C3C)n1)CN(CC#N)CC2. The number of nitrogens with one attached hydrogen (secondary N) is 1. The average molecular weight is 594 g/mol. The van der Waals surface area contributed by atoms with Gasteiger partial charge in [0.1, 0.15) is 23.3 Å². The lowest BCUT2D eigenvalue weighted by molar-refractivity contribution is -0.472. The predicted molar refractivity (Wildman–Crippen MR) is 151 cm³/mol. The minimum absolute atomic E-state index is 0.193. The Balaban J connectivity index is 1.32. The van der Waals surface area contributed by atoms with Crippen LogP contribution < -0.4 is 10.1 Å². The lowest BCUT2D eigenvalue weighted by Gasteiger charge is -2.28. The third-order valence-electron chi connectivity index (χ3n) is 8.00. The normalized spacial score (nSPS) is 17.0. The van der Waals surface area contributed by atoms with E-state index in [9.17, 15) is 18.4 Å². The Morgan fingerprint density at radius 3 is 2.65 bits per heavy atom. The molecule has 224 valence electrons. The number of halogens is 3. The van der Waals surface area contributed by atoms with Crippen LogP contribution in [-0.4, -0.2) is 72.0 Å². The molecule has 3 aliphatic rings. The highest BCUT2D eigenvalue weighted by molar-refractivity contribution is 6.10. The highest BCUT2D eigenvalue weighted by Crippen LogP contribution is 2.45. The molecule has 5 heterocycles. The standard InChI is InChI=1S/C29H32F3N10O/c1-16(2)42-13-22(29(30,31)32)38-27(42)19-12-41(17(19)3)15-36-25-20-11-40(10-8-33)9-7-21(20)37-26(39-25)23-24(18-5-6-18)34-14-35-28(23)43-4/h12-14,16,18H,5-7,9-11,15H2,1-4H3,(H,36,37,39)/q+1. The molecule has 0 bridgehead atoms. The first kappa shape index (κ1) is 28.7. The van der Waals surface area contributed by atoms with Crippen molar-refractivity contribution in [2.75, 3.05) is 32.2 Å². The maximum Gasteiger partial charge on any atom is 0.434 e. The van der Waals surface area contributed by atoms with Gasteiger partial charge < -0.3 is 14.6 Å². The fourth-order valence-electron chi connectivity index (χ4n) is 5.48. The van der Waals surface area contributed by atoms with E-state index in [2.05, 4.69) is 26.3 Å². The molecule has 2 aliphatic heterocycles. The number of allylic oxidation sites excluding steroid dienone is 2. The van der Waals surface area contributed by atoms with Gasteiger partial charge in [0.15, 0.2) is 29.3 Å². The molecule has 1 fully saturated rings. The van der Waals surface area contributed by atoms with E-state index in [1.54, 1.807) is 17.9 Å². The van der Waals surface area contributed by atoms with Crippen molar-refractivity contribution in [3.05, 3.63) is 46.7 Å². The van der Waals surface area contributed by atoms with E-state index in [1.807, 2.05) is 30.2 Å². The zero-order valence-corrected chi connectivity index (χ0v) is 24.4. The molecule has 0 amide bonds. The number of anilines is 1. The minimum atomic E-state index is -4.52. The summed E-state index contributed by atoms with van der Waals surface area (Å²) in [5, 5.41) is 12.7.